The molecule has 0 spiro atoms. The van der Waals surface area contributed by atoms with Gasteiger partial charge in [-0.3, -0.25) is 4.79 Å². The molecule has 5 nitrogen and oxygen atoms in total. The van der Waals surface area contributed by atoms with Crippen molar-refractivity contribution < 1.29 is 22.8 Å². The lowest BCUT2D eigenvalue weighted by Gasteiger charge is -2.46. The first-order valence-corrected chi connectivity index (χ1v) is 23.3. The third-order valence-corrected chi connectivity index (χ3v) is 19.0. The van der Waals surface area contributed by atoms with E-state index in [9.17, 15) is 4.79 Å². The van der Waals surface area contributed by atoms with E-state index >= 15 is 0 Å². The number of rotatable bonds is 17. The van der Waals surface area contributed by atoms with Gasteiger partial charge in [0.05, 0.1) is 19.8 Å². The predicted octanol–water partition coefficient (Wildman–Crippen LogP) is 7.52. The maximum absolute atomic E-state index is 12.4. The molecule has 0 aliphatic heterocycles. The van der Waals surface area contributed by atoms with E-state index in [0.717, 1.165) is 18.1 Å². The molecule has 0 aliphatic carbocycles. The van der Waals surface area contributed by atoms with Crippen LogP contribution in [0.2, 0.25) is 42.8 Å². The van der Waals surface area contributed by atoms with Crippen molar-refractivity contribution in [3.05, 3.63) is 60.7 Å². The molecule has 0 saturated heterocycles. The van der Waals surface area contributed by atoms with Crippen molar-refractivity contribution in [3.63, 3.8) is 0 Å². The largest absolute Gasteiger partial charge is 0.469 e. The van der Waals surface area contributed by atoms with Crippen LogP contribution >= 0.6 is 0 Å². The summed E-state index contributed by atoms with van der Waals surface area (Å²) in [4.78, 5) is 12.4. The van der Waals surface area contributed by atoms with E-state index in [1.807, 2.05) is 0 Å². The fraction of sp³-hybridized carbons (Fsp3) is 0.606. The van der Waals surface area contributed by atoms with E-state index < -0.39 is 25.0 Å². The van der Waals surface area contributed by atoms with Crippen LogP contribution in [0.25, 0.3) is 0 Å². The minimum absolute atomic E-state index is 0.0981. The Kier molecular flexibility index (Phi) is 13.7. The van der Waals surface area contributed by atoms with Gasteiger partial charge in [0, 0.05) is 12.5 Å². The van der Waals surface area contributed by atoms with Gasteiger partial charge in [0.25, 0.3) is 8.32 Å². The van der Waals surface area contributed by atoms with E-state index in [-0.39, 0.29) is 23.2 Å². The molecule has 2 atom stereocenters. The number of carbonyl (C=O) groups is 1. The van der Waals surface area contributed by atoms with Gasteiger partial charge in [-0.15, -0.1) is 0 Å². The number of ether oxygens (including phenoxy) is 1. The van der Waals surface area contributed by atoms with Crippen molar-refractivity contribution in [1.29, 1.82) is 0 Å². The monoisotopic (exact) mass is 616 g/mol. The topological polar surface area (TPSA) is 54.0 Å². The average molecular weight is 617 g/mol. The van der Waals surface area contributed by atoms with Crippen LogP contribution in [-0.4, -0.2) is 56.8 Å². The van der Waals surface area contributed by atoms with Gasteiger partial charge >= 0.3 is 5.97 Å². The lowest BCUT2D eigenvalue weighted by molar-refractivity contribution is -0.141. The van der Waals surface area contributed by atoms with E-state index in [2.05, 4.69) is 122 Å². The highest BCUT2D eigenvalue weighted by atomic mass is 28.4. The number of hydrogen-bond donors (Lipinski definition) is 0. The molecule has 41 heavy (non-hydrogen) atoms. The summed E-state index contributed by atoms with van der Waals surface area (Å²) >= 11 is 0. The third kappa shape index (κ3) is 10.0. The Balaban J connectivity index is 2.60. The van der Waals surface area contributed by atoms with Crippen LogP contribution in [0.3, 0.4) is 0 Å². The van der Waals surface area contributed by atoms with E-state index in [4.69, 9.17) is 18.0 Å². The summed E-state index contributed by atoms with van der Waals surface area (Å²) in [6.07, 6.45) is 1.25. The molecular formula is C33H56O5Si3. The summed E-state index contributed by atoms with van der Waals surface area (Å²) in [5.74, 6) is -0.214. The van der Waals surface area contributed by atoms with Gasteiger partial charge in [-0.2, -0.15) is 0 Å². The standard InChI is InChI=1S/C33H56O5Si3/c1-11-40(12-2,13-3)36-27-29(37-39(8,9)10)26-28(24-25-32(34)35-7)38-41(33(4,5)6,30-20-16-14-17-21-30)31-22-18-15-19-23-31/h14-23,28-29H,11-13,24-27H2,1-10H3/t28-,29+/m1/s1. The maximum atomic E-state index is 12.4. The molecule has 0 unspecified atom stereocenters. The van der Waals surface area contributed by atoms with E-state index in [0.29, 0.717) is 25.9 Å². The van der Waals surface area contributed by atoms with Gasteiger partial charge in [-0.25, -0.2) is 0 Å². The maximum Gasteiger partial charge on any atom is 0.305 e. The molecule has 0 aliphatic rings. The lowest BCUT2D eigenvalue weighted by Crippen LogP contribution is -2.68. The van der Waals surface area contributed by atoms with Gasteiger partial charge in [0.2, 0.25) is 0 Å². The van der Waals surface area contributed by atoms with E-state index in [1.54, 1.807) is 0 Å². The Labute approximate surface area is 253 Å². The Morgan fingerprint density at radius 2 is 1.27 bits per heavy atom. The minimum atomic E-state index is -2.83. The highest BCUT2D eigenvalue weighted by Crippen LogP contribution is 2.39. The summed E-state index contributed by atoms with van der Waals surface area (Å²) in [5, 5.41) is 2.30. The zero-order valence-corrected chi connectivity index (χ0v) is 30.4. The summed E-state index contributed by atoms with van der Waals surface area (Å²) in [5.41, 5.74) is 0. The molecule has 2 aromatic carbocycles. The molecule has 0 heterocycles. The highest BCUT2D eigenvalue weighted by molar-refractivity contribution is 6.99. The quantitative estimate of drug-likeness (QED) is 0.136. The Morgan fingerprint density at radius 3 is 1.66 bits per heavy atom. The highest BCUT2D eigenvalue weighted by Gasteiger charge is 2.51. The second-order valence-corrected chi connectivity index (χ2v) is 26.6. The van der Waals surface area contributed by atoms with Gasteiger partial charge in [-0.1, -0.05) is 102 Å². The van der Waals surface area contributed by atoms with Crippen molar-refractivity contribution in [3.8, 4) is 0 Å². The third-order valence-electron chi connectivity index (χ3n) is 8.21. The van der Waals surface area contributed by atoms with Crippen molar-refractivity contribution in [2.75, 3.05) is 13.7 Å². The van der Waals surface area contributed by atoms with Crippen molar-refractivity contribution in [2.24, 2.45) is 0 Å². The molecular weight excluding hydrogens is 561 g/mol. The van der Waals surface area contributed by atoms with Crippen molar-refractivity contribution in [1.82, 2.24) is 0 Å². The SMILES string of the molecule is CC[Si](CC)(CC)OC[C@H](C[C@@H](CCC(=O)OC)O[Si](c1ccccc1)(c1ccccc1)C(C)(C)C)O[Si](C)(C)C. The smallest absolute Gasteiger partial charge is 0.305 e. The molecule has 0 fully saturated rings. The normalized spacial score (nSPS) is 14.5. The first-order valence-electron chi connectivity index (χ1n) is 15.4. The molecule has 2 aromatic rings. The fourth-order valence-corrected chi connectivity index (χ4v) is 14.4. The van der Waals surface area contributed by atoms with Crippen LogP contribution in [0.1, 0.15) is 60.8 Å². The molecule has 0 aromatic heterocycles. The molecule has 2 rings (SSSR count). The summed E-state index contributed by atoms with van der Waals surface area (Å²) in [6, 6.07) is 24.7. The van der Waals surface area contributed by atoms with E-state index in [1.165, 1.54) is 17.5 Å². The predicted molar refractivity (Wildman–Crippen MR) is 180 cm³/mol. The van der Waals surface area contributed by atoms with Crippen LogP contribution in [0.5, 0.6) is 0 Å². The molecule has 230 valence electrons. The molecule has 0 N–H and O–H groups in total. The molecule has 0 saturated carbocycles. The Hall–Kier alpha value is -1.56. The number of carbonyl (C=O) groups excluding carboxylic acids is 1. The Bertz CT molecular complexity index is 983. The van der Waals surface area contributed by atoms with Crippen LogP contribution in [-0.2, 0) is 22.8 Å². The molecule has 8 heteroatoms. The second kappa shape index (κ2) is 15.8. The van der Waals surface area contributed by atoms with Crippen LogP contribution in [0.4, 0.5) is 0 Å². The summed E-state index contributed by atoms with van der Waals surface area (Å²) in [7, 11) is -5.07. The van der Waals surface area contributed by atoms with Gasteiger partial charge in [-0.05, 0) is 66.0 Å². The summed E-state index contributed by atoms with van der Waals surface area (Å²) in [6.45, 7) is 20.9. The first kappa shape index (κ1) is 35.6. The number of methoxy groups -OCH3 is 1. The van der Waals surface area contributed by atoms with Crippen molar-refractivity contribution in [2.45, 2.75) is 116 Å². The molecule has 0 radical (unpaired) electrons. The first-order chi connectivity index (χ1) is 19.3. The van der Waals surface area contributed by atoms with Gasteiger partial charge in [0.1, 0.15) is 0 Å². The van der Waals surface area contributed by atoms with Crippen molar-refractivity contribution >= 4 is 41.3 Å². The zero-order valence-electron chi connectivity index (χ0n) is 27.4. The van der Waals surface area contributed by atoms with Gasteiger partial charge in [0.15, 0.2) is 16.6 Å². The molecule has 0 bridgehead atoms. The van der Waals surface area contributed by atoms with Crippen LogP contribution in [0.15, 0.2) is 60.7 Å². The fourth-order valence-electron chi connectivity index (χ4n) is 5.82. The lowest BCUT2D eigenvalue weighted by atomic mass is 10.1. The Morgan fingerprint density at radius 1 is 0.780 bits per heavy atom. The zero-order chi connectivity index (χ0) is 30.7. The number of benzene rings is 2. The van der Waals surface area contributed by atoms with Crippen LogP contribution < -0.4 is 10.4 Å². The average Bonchev–Trinajstić information content (AvgIpc) is 2.94. The second-order valence-electron chi connectivity index (χ2n) is 13.2. The van der Waals surface area contributed by atoms with Gasteiger partial charge < -0.3 is 18.0 Å². The molecule has 0 amide bonds. The summed E-state index contributed by atoms with van der Waals surface area (Å²) < 4.78 is 26.2. The number of hydrogen-bond acceptors (Lipinski definition) is 5. The number of esters is 1. The van der Waals surface area contributed by atoms with Crippen LogP contribution in [0, 0.1) is 0 Å². The minimum Gasteiger partial charge on any atom is -0.469 e.